The normalized spacial score (nSPS) is 10.3. The summed E-state index contributed by atoms with van der Waals surface area (Å²) in [5, 5.41) is 3.43. The van der Waals surface area contributed by atoms with E-state index in [1.165, 1.54) is 5.56 Å². The van der Waals surface area contributed by atoms with Crippen LogP contribution in [0.15, 0.2) is 36.4 Å². The lowest BCUT2D eigenvalue weighted by Crippen LogP contribution is -2.20. The van der Waals surface area contributed by atoms with Crippen molar-refractivity contribution in [2.24, 2.45) is 0 Å². The van der Waals surface area contributed by atoms with Gasteiger partial charge in [0.1, 0.15) is 5.75 Å². The predicted molar refractivity (Wildman–Crippen MR) is 86.2 cm³/mol. The van der Waals surface area contributed by atoms with Gasteiger partial charge in [-0.2, -0.15) is 0 Å². The molecule has 2 rings (SSSR count). The first-order valence-corrected chi connectivity index (χ1v) is 7.10. The van der Waals surface area contributed by atoms with Gasteiger partial charge in [-0.15, -0.1) is 0 Å². The number of carbonyl (C=O) groups excluding carboxylic acids is 1. The van der Waals surface area contributed by atoms with Gasteiger partial charge in [-0.1, -0.05) is 23.7 Å². The number of anilines is 1. The van der Waals surface area contributed by atoms with E-state index in [0.717, 1.165) is 11.1 Å². The van der Waals surface area contributed by atoms with Crippen molar-refractivity contribution in [3.8, 4) is 5.75 Å². The molecule has 2 aromatic rings. The molecule has 1 N–H and O–H groups in total. The van der Waals surface area contributed by atoms with Crippen LogP contribution in [0.1, 0.15) is 16.7 Å². The first-order valence-electron chi connectivity index (χ1n) is 6.72. The van der Waals surface area contributed by atoms with E-state index < -0.39 is 0 Å². The Bertz CT molecular complexity index is 668. The molecule has 2 aromatic carbocycles. The molecule has 0 atom stereocenters. The molecule has 0 bridgehead atoms. The van der Waals surface area contributed by atoms with Crippen molar-refractivity contribution in [3.63, 3.8) is 0 Å². The number of aryl methyl sites for hydroxylation is 2. The van der Waals surface area contributed by atoms with Crippen LogP contribution < -0.4 is 10.1 Å². The molecular weight excluding hydrogens is 286 g/mol. The molecule has 0 radical (unpaired) electrons. The Kier molecular flexibility index (Phi) is 4.86. The zero-order valence-corrected chi connectivity index (χ0v) is 13.1. The number of hydrogen-bond acceptors (Lipinski definition) is 2. The number of halogens is 1. The van der Waals surface area contributed by atoms with Crippen molar-refractivity contribution in [3.05, 3.63) is 58.1 Å². The van der Waals surface area contributed by atoms with E-state index in [4.69, 9.17) is 16.3 Å². The second kappa shape index (κ2) is 6.64. The minimum Gasteiger partial charge on any atom is -0.484 e. The van der Waals surface area contributed by atoms with Gasteiger partial charge in [0.25, 0.3) is 5.91 Å². The second-order valence-electron chi connectivity index (χ2n) is 5.00. The van der Waals surface area contributed by atoms with Gasteiger partial charge in [-0.3, -0.25) is 4.79 Å². The molecule has 1 amide bonds. The molecule has 0 fully saturated rings. The number of benzene rings is 2. The van der Waals surface area contributed by atoms with E-state index >= 15 is 0 Å². The first kappa shape index (κ1) is 15.4. The van der Waals surface area contributed by atoms with Crippen LogP contribution in [0.25, 0.3) is 0 Å². The molecule has 0 unspecified atom stereocenters. The summed E-state index contributed by atoms with van der Waals surface area (Å²) in [6.07, 6.45) is 0. The van der Waals surface area contributed by atoms with Crippen molar-refractivity contribution in [1.82, 2.24) is 0 Å². The van der Waals surface area contributed by atoms with Gasteiger partial charge in [0.2, 0.25) is 0 Å². The summed E-state index contributed by atoms with van der Waals surface area (Å²) in [7, 11) is 0. The van der Waals surface area contributed by atoms with Crippen molar-refractivity contribution in [1.29, 1.82) is 0 Å². The van der Waals surface area contributed by atoms with Gasteiger partial charge >= 0.3 is 0 Å². The Labute approximate surface area is 129 Å². The summed E-state index contributed by atoms with van der Waals surface area (Å²) in [4.78, 5) is 11.9. The Balaban J connectivity index is 1.96. The molecule has 3 nitrogen and oxygen atoms in total. The molecule has 0 aliphatic heterocycles. The van der Waals surface area contributed by atoms with Crippen LogP contribution in [-0.2, 0) is 4.79 Å². The number of amides is 1. The highest BCUT2D eigenvalue weighted by atomic mass is 35.5. The fourth-order valence-electron chi connectivity index (χ4n) is 1.88. The van der Waals surface area contributed by atoms with E-state index in [9.17, 15) is 4.79 Å². The maximum absolute atomic E-state index is 11.9. The maximum Gasteiger partial charge on any atom is 0.262 e. The first-order chi connectivity index (χ1) is 9.97. The zero-order valence-electron chi connectivity index (χ0n) is 12.4. The maximum atomic E-state index is 11.9. The Hall–Kier alpha value is -2.00. The number of hydrogen-bond donors (Lipinski definition) is 1. The van der Waals surface area contributed by atoms with Crippen molar-refractivity contribution >= 4 is 23.2 Å². The smallest absolute Gasteiger partial charge is 0.262 e. The van der Waals surface area contributed by atoms with Gasteiger partial charge in [-0.05, 0) is 61.7 Å². The lowest BCUT2D eigenvalue weighted by molar-refractivity contribution is -0.118. The van der Waals surface area contributed by atoms with Crippen LogP contribution in [0.3, 0.4) is 0 Å². The predicted octanol–water partition coefficient (Wildman–Crippen LogP) is 4.28. The molecule has 0 aliphatic rings. The lowest BCUT2D eigenvalue weighted by atomic mass is 10.1. The standard InChI is InChI=1S/C17H18ClNO2/c1-11-7-8-14(9-12(11)2)21-10-17(20)19-16-6-4-5-15(18)13(16)3/h4-9H,10H2,1-3H3,(H,19,20). The van der Waals surface area contributed by atoms with Gasteiger partial charge in [0, 0.05) is 10.7 Å². The zero-order chi connectivity index (χ0) is 15.4. The largest absolute Gasteiger partial charge is 0.484 e. The topological polar surface area (TPSA) is 38.3 Å². The molecule has 0 spiro atoms. The highest BCUT2D eigenvalue weighted by Crippen LogP contribution is 2.23. The average molecular weight is 304 g/mol. The second-order valence-corrected chi connectivity index (χ2v) is 5.40. The van der Waals surface area contributed by atoms with E-state index in [-0.39, 0.29) is 12.5 Å². The summed E-state index contributed by atoms with van der Waals surface area (Å²) >= 11 is 6.02. The van der Waals surface area contributed by atoms with Gasteiger partial charge in [0.05, 0.1) is 0 Å². The van der Waals surface area contributed by atoms with Crippen LogP contribution in [0, 0.1) is 20.8 Å². The number of nitrogens with one attached hydrogen (secondary N) is 1. The van der Waals surface area contributed by atoms with Crippen LogP contribution >= 0.6 is 11.6 Å². The average Bonchev–Trinajstić information content (AvgIpc) is 2.45. The quantitative estimate of drug-likeness (QED) is 0.915. The van der Waals surface area contributed by atoms with E-state index in [0.29, 0.717) is 16.5 Å². The highest BCUT2D eigenvalue weighted by molar-refractivity contribution is 6.31. The number of carbonyl (C=O) groups is 1. The number of rotatable bonds is 4. The fourth-order valence-corrected chi connectivity index (χ4v) is 2.06. The summed E-state index contributed by atoms with van der Waals surface area (Å²) in [5.41, 5.74) is 3.88. The highest BCUT2D eigenvalue weighted by Gasteiger charge is 2.07. The monoisotopic (exact) mass is 303 g/mol. The summed E-state index contributed by atoms with van der Waals surface area (Å²) in [6.45, 7) is 5.88. The van der Waals surface area contributed by atoms with Crippen LogP contribution in [0.4, 0.5) is 5.69 Å². The number of ether oxygens (including phenoxy) is 1. The Morgan fingerprint density at radius 3 is 2.62 bits per heavy atom. The summed E-state index contributed by atoms with van der Waals surface area (Å²) < 4.78 is 5.50. The van der Waals surface area contributed by atoms with E-state index in [2.05, 4.69) is 5.32 Å². The molecule has 0 aromatic heterocycles. The minimum absolute atomic E-state index is 0.0333. The molecule has 0 aliphatic carbocycles. The van der Waals surface area contributed by atoms with E-state index in [1.54, 1.807) is 12.1 Å². The van der Waals surface area contributed by atoms with Crippen LogP contribution in [0.2, 0.25) is 5.02 Å². The Morgan fingerprint density at radius 1 is 1.14 bits per heavy atom. The lowest BCUT2D eigenvalue weighted by Gasteiger charge is -2.11. The molecule has 4 heteroatoms. The van der Waals surface area contributed by atoms with Crippen LogP contribution in [0.5, 0.6) is 5.75 Å². The van der Waals surface area contributed by atoms with Gasteiger partial charge in [0.15, 0.2) is 6.61 Å². The van der Waals surface area contributed by atoms with Crippen molar-refractivity contribution in [2.75, 3.05) is 11.9 Å². The molecule has 110 valence electrons. The summed E-state index contributed by atoms with van der Waals surface area (Å²) in [6, 6.07) is 11.2. The van der Waals surface area contributed by atoms with Crippen molar-refractivity contribution < 1.29 is 9.53 Å². The minimum atomic E-state index is -0.210. The SMILES string of the molecule is Cc1ccc(OCC(=O)Nc2cccc(Cl)c2C)cc1C. The molecular formula is C17H18ClNO2. The van der Waals surface area contributed by atoms with Crippen LogP contribution in [-0.4, -0.2) is 12.5 Å². The molecule has 0 heterocycles. The third-order valence-electron chi connectivity index (χ3n) is 3.39. The fraction of sp³-hybridized carbons (Fsp3) is 0.235. The third-order valence-corrected chi connectivity index (χ3v) is 3.80. The van der Waals surface area contributed by atoms with E-state index in [1.807, 2.05) is 45.0 Å². The van der Waals surface area contributed by atoms with Crippen molar-refractivity contribution in [2.45, 2.75) is 20.8 Å². The molecule has 0 saturated carbocycles. The van der Waals surface area contributed by atoms with Gasteiger partial charge in [-0.25, -0.2) is 0 Å². The third kappa shape index (κ3) is 3.99. The molecule has 21 heavy (non-hydrogen) atoms. The van der Waals surface area contributed by atoms with Gasteiger partial charge < -0.3 is 10.1 Å². The summed E-state index contributed by atoms with van der Waals surface area (Å²) in [5.74, 6) is 0.481. The Morgan fingerprint density at radius 2 is 1.90 bits per heavy atom. The molecule has 0 saturated heterocycles.